The van der Waals surface area contributed by atoms with Gasteiger partial charge >= 0.3 is 0 Å². The fraction of sp³-hybridized carbons (Fsp3) is 0.393. The summed E-state index contributed by atoms with van der Waals surface area (Å²) in [4.78, 5) is 18.7. The molecular weight excluding hydrogens is 442 g/mol. The van der Waals surface area contributed by atoms with Crippen LogP contribution in [0.5, 0.6) is 5.75 Å². The van der Waals surface area contributed by atoms with Crippen molar-refractivity contribution in [3.63, 3.8) is 0 Å². The van der Waals surface area contributed by atoms with E-state index in [1.54, 1.807) is 25.4 Å². The van der Waals surface area contributed by atoms with E-state index in [9.17, 15) is 4.79 Å². The van der Waals surface area contributed by atoms with Crippen LogP contribution in [-0.4, -0.2) is 44.1 Å². The lowest BCUT2D eigenvalue weighted by Gasteiger charge is -2.41. The number of ether oxygens (including phenoxy) is 1. The van der Waals surface area contributed by atoms with Gasteiger partial charge in [0.2, 0.25) is 5.91 Å². The van der Waals surface area contributed by atoms with E-state index in [4.69, 9.17) is 4.74 Å². The number of amides is 1. The maximum absolute atomic E-state index is 12.2. The highest BCUT2D eigenvalue weighted by atomic mass is 32.1. The van der Waals surface area contributed by atoms with Crippen molar-refractivity contribution < 1.29 is 9.53 Å². The number of nitrogens with zero attached hydrogens (tertiary/aromatic N) is 2. The van der Waals surface area contributed by atoms with Crippen molar-refractivity contribution in [1.82, 2.24) is 4.90 Å². The van der Waals surface area contributed by atoms with E-state index in [1.165, 1.54) is 40.1 Å². The predicted octanol–water partition coefficient (Wildman–Crippen LogP) is 5.51. The molecule has 1 saturated heterocycles. The zero-order valence-corrected chi connectivity index (χ0v) is 20.9. The number of aryl methyl sites for hydroxylation is 1. The van der Waals surface area contributed by atoms with Gasteiger partial charge in [0.15, 0.2) is 0 Å². The van der Waals surface area contributed by atoms with Crippen LogP contribution in [0.25, 0.3) is 0 Å². The van der Waals surface area contributed by atoms with Crippen molar-refractivity contribution in [3.8, 4) is 5.75 Å². The topological polar surface area (TPSA) is 44.8 Å². The first-order valence-electron chi connectivity index (χ1n) is 12.2. The second kappa shape index (κ2) is 10.2. The van der Waals surface area contributed by atoms with Crippen molar-refractivity contribution in [1.29, 1.82) is 0 Å². The van der Waals surface area contributed by atoms with Gasteiger partial charge in [0.05, 0.1) is 13.2 Å². The largest absolute Gasteiger partial charge is 0.497 e. The number of anilines is 2. The lowest BCUT2D eigenvalue weighted by atomic mass is 9.88. The van der Waals surface area contributed by atoms with Crippen LogP contribution in [-0.2, 0) is 17.6 Å². The smallest absolute Gasteiger partial charge is 0.221 e. The van der Waals surface area contributed by atoms with Crippen LogP contribution in [0.15, 0.2) is 54.6 Å². The summed E-state index contributed by atoms with van der Waals surface area (Å²) < 4.78 is 5.60. The second-order valence-electron chi connectivity index (χ2n) is 9.17. The molecule has 6 heteroatoms. The average Bonchev–Trinajstić information content (AvgIpc) is 3.22. The van der Waals surface area contributed by atoms with Gasteiger partial charge in [0.1, 0.15) is 10.8 Å². The zero-order chi connectivity index (χ0) is 23.5. The normalized spacial score (nSPS) is 17.2. The van der Waals surface area contributed by atoms with Crippen molar-refractivity contribution in [2.24, 2.45) is 0 Å². The Bertz CT molecular complexity index is 1140. The van der Waals surface area contributed by atoms with Gasteiger partial charge in [-0.1, -0.05) is 30.3 Å². The maximum atomic E-state index is 12.2. The van der Waals surface area contributed by atoms with E-state index in [2.05, 4.69) is 63.6 Å². The highest BCUT2D eigenvalue weighted by molar-refractivity contribution is 7.16. The lowest BCUT2D eigenvalue weighted by Crippen LogP contribution is -2.48. The molecule has 1 aromatic heterocycles. The SMILES string of the molecule is COc1cccc(C(c2c(NC(C)=O)sc3c2CCCC3)N2CCN(c3ccccc3)CC2)c1. The van der Waals surface area contributed by atoms with Gasteiger partial charge in [-0.25, -0.2) is 0 Å². The number of hydrogen-bond acceptors (Lipinski definition) is 5. The quantitative estimate of drug-likeness (QED) is 0.511. The molecule has 34 heavy (non-hydrogen) atoms. The first-order chi connectivity index (χ1) is 16.6. The van der Waals surface area contributed by atoms with Gasteiger partial charge in [-0.15, -0.1) is 11.3 Å². The summed E-state index contributed by atoms with van der Waals surface area (Å²) in [6.45, 7) is 5.49. The van der Waals surface area contributed by atoms with Crippen LogP contribution in [0.1, 0.15) is 47.4 Å². The first kappa shape index (κ1) is 22.9. The minimum Gasteiger partial charge on any atom is -0.497 e. The molecule has 1 atom stereocenters. The van der Waals surface area contributed by atoms with E-state index < -0.39 is 0 Å². The molecule has 0 bridgehead atoms. The molecule has 1 unspecified atom stereocenters. The van der Waals surface area contributed by atoms with Crippen LogP contribution < -0.4 is 15.0 Å². The number of thiophene rings is 1. The maximum Gasteiger partial charge on any atom is 0.221 e. The molecule has 1 aliphatic carbocycles. The minimum atomic E-state index is -0.00173. The van der Waals surface area contributed by atoms with Crippen molar-refractivity contribution in [2.45, 2.75) is 38.6 Å². The van der Waals surface area contributed by atoms with Crippen LogP contribution in [0.4, 0.5) is 10.7 Å². The van der Waals surface area contributed by atoms with Crippen molar-refractivity contribution in [2.75, 3.05) is 43.5 Å². The number of nitrogens with one attached hydrogen (secondary N) is 1. The highest BCUT2D eigenvalue weighted by Crippen LogP contribution is 2.46. The summed E-state index contributed by atoms with van der Waals surface area (Å²) in [5.74, 6) is 0.869. The Morgan fingerprint density at radius 2 is 1.76 bits per heavy atom. The molecule has 2 aliphatic rings. The van der Waals surface area contributed by atoms with Crippen molar-refractivity contribution >= 4 is 27.9 Å². The van der Waals surface area contributed by atoms with E-state index in [0.29, 0.717) is 0 Å². The highest BCUT2D eigenvalue weighted by Gasteiger charge is 2.33. The van der Waals surface area contributed by atoms with E-state index in [-0.39, 0.29) is 11.9 Å². The molecule has 1 fully saturated rings. The Morgan fingerprint density at radius 1 is 1.00 bits per heavy atom. The summed E-state index contributed by atoms with van der Waals surface area (Å²) >= 11 is 1.78. The van der Waals surface area contributed by atoms with Crippen LogP contribution >= 0.6 is 11.3 Å². The number of methoxy groups -OCH3 is 1. The molecule has 0 spiro atoms. The first-order valence-corrected chi connectivity index (χ1v) is 13.1. The molecule has 0 saturated carbocycles. The van der Waals surface area contributed by atoms with Gasteiger partial charge in [0, 0.05) is 49.2 Å². The Balaban J connectivity index is 1.54. The molecule has 1 N–H and O–H groups in total. The molecule has 5 nitrogen and oxygen atoms in total. The average molecular weight is 476 g/mol. The number of rotatable bonds is 6. The monoisotopic (exact) mass is 475 g/mol. The van der Waals surface area contributed by atoms with E-state index in [1.807, 2.05) is 6.07 Å². The molecule has 2 heterocycles. The van der Waals surface area contributed by atoms with Gasteiger partial charge < -0.3 is 15.0 Å². The van der Waals surface area contributed by atoms with Crippen LogP contribution in [0.3, 0.4) is 0 Å². The number of piperazine rings is 1. The standard InChI is InChI=1S/C28H33N3O2S/c1-20(32)29-28-26(24-13-6-7-14-25(24)34-28)27(21-9-8-12-23(19-21)33-2)31-17-15-30(16-18-31)22-10-4-3-5-11-22/h3-5,8-12,19,27H,6-7,13-18H2,1-2H3,(H,29,32). The number of carbonyl (C=O) groups excluding carboxylic acids is 1. The number of fused-ring (bicyclic) bond motifs is 1. The summed E-state index contributed by atoms with van der Waals surface area (Å²) in [6.07, 6.45) is 4.64. The number of benzene rings is 2. The molecular formula is C28H33N3O2S. The molecule has 5 rings (SSSR count). The van der Waals surface area contributed by atoms with Gasteiger partial charge in [-0.05, 0) is 61.1 Å². The zero-order valence-electron chi connectivity index (χ0n) is 20.0. The van der Waals surface area contributed by atoms with Gasteiger partial charge in [-0.3, -0.25) is 9.69 Å². The van der Waals surface area contributed by atoms with Crippen molar-refractivity contribution in [3.05, 3.63) is 76.2 Å². The molecule has 2 aromatic carbocycles. The minimum absolute atomic E-state index is 0.00173. The molecule has 3 aromatic rings. The predicted molar refractivity (Wildman–Crippen MR) is 140 cm³/mol. The Labute approximate surface area is 206 Å². The summed E-state index contributed by atoms with van der Waals surface area (Å²) in [5.41, 5.74) is 5.27. The van der Waals surface area contributed by atoms with E-state index in [0.717, 1.165) is 49.8 Å². The van der Waals surface area contributed by atoms with Crippen LogP contribution in [0, 0.1) is 0 Å². The third-order valence-electron chi connectivity index (χ3n) is 6.99. The fourth-order valence-electron chi connectivity index (χ4n) is 5.38. The summed E-state index contributed by atoms with van der Waals surface area (Å²) in [7, 11) is 1.72. The third kappa shape index (κ3) is 4.70. The fourth-order valence-corrected chi connectivity index (χ4v) is 6.75. The van der Waals surface area contributed by atoms with Gasteiger partial charge in [-0.2, -0.15) is 0 Å². The second-order valence-corrected chi connectivity index (χ2v) is 10.3. The number of hydrogen-bond donors (Lipinski definition) is 1. The van der Waals surface area contributed by atoms with Crippen LogP contribution in [0.2, 0.25) is 0 Å². The Morgan fingerprint density at radius 3 is 2.50 bits per heavy atom. The third-order valence-corrected chi connectivity index (χ3v) is 8.21. The Hall–Kier alpha value is -2.83. The van der Waals surface area contributed by atoms with Gasteiger partial charge in [0.25, 0.3) is 0 Å². The summed E-state index contributed by atoms with van der Waals surface area (Å²) in [6, 6.07) is 19.2. The summed E-state index contributed by atoms with van der Waals surface area (Å²) in [5, 5.41) is 4.22. The van der Waals surface area contributed by atoms with E-state index >= 15 is 0 Å². The number of carbonyl (C=O) groups is 1. The Kier molecular flexibility index (Phi) is 6.88. The molecule has 178 valence electrons. The molecule has 0 radical (unpaired) electrons. The number of para-hydroxylation sites is 1. The lowest BCUT2D eigenvalue weighted by molar-refractivity contribution is -0.114. The molecule has 1 aliphatic heterocycles. The molecule has 1 amide bonds.